The number of carbonyl (C=O) groups is 9. The minimum Gasteiger partial charge on any atom is -0.496 e. The van der Waals surface area contributed by atoms with Gasteiger partial charge in [-0.05, 0) is 157 Å². The van der Waals surface area contributed by atoms with Crippen LogP contribution in [-0.2, 0) is 24.0 Å². The number of hydrogen-bond acceptors (Lipinski definition) is 17. The number of ether oxygens (including phenoxy) is 4. The quantitative estimate of drug-likeness (QED) is 0.0290. The summed E-state index contributed by atoms with van der Waals surface area (Å²) in [5.41, 5.74) is 29.3. The zero-order valence-corrected chi connectivity index (χ0v) is 47.2. The van der Waals surface area contributed by atoms with E-state index in [0.717, 1.165) is 0 Å². The fourth-order valence-electron chi connectivity index (χ4n) is 8.56. The molecule has 4 aromatic carbocycles. The van der Waals surface area contributed by atoms with Crippen LogP contribution >= 0.6 is 0 Å². The van der Waals surface area contributed by atoms with Crippen LogP contribution in [-0.4, -0.2) is 131 Å². The maximum atomic E-state index is 14.3. The Balaban J connectivity index is 1.56. The fourth-order valence-corrected chi connectivity index (χ4v) is 8.56. The summed E-state index contributed by atoms with van der Waals surface area (Å²) in [4.78, 5) is 120. The molecule has 0 saturated carbocycles. The van der Waals surface area contributed by atoms with Crippen LogP contribution in [0.1, 0.15) is 125 Å². The first kappa shape index (κ1) is 66.7. The number of amides is 8. The van der Waals surface area contributed by atoms with Crippen molar-refractivity contribution in [3.63, 3.8) is 0 Å². The lowest BCUT2D eigenvalue weighted by Crippen LogP contribution is -2.44. The molecule has 4 aromatic rings. The Morgan fingerprint density at radius 2 is 0.723 bits per heavy atom. The summed E-state index contributed by atoms with van der Waals surface area (Å²) in [6, 6.07) is 12.8. The molecule has 0 fully saturated rings. The number of aliphatic carboxylic acids is 1. The van der Waals surface area contributed by atoms with E-state index in [0.29, 0.717) is 64.6 Å². The first-order chi connectivity index (χ1) is 39.8. The number of carbonyl (C=O) groups excluding carboxylic acids is 8. The van der Waals surface area contributed by atoms with Gasteiger partial charge in [0.1, 0.15) is 41.1 Å². The molecule has 26 nitrogen and oxygen atoms in total. The third-order valence-electron chi connectivity index (χ3n) is 13.1. The van der Waals surface area contributed by atoms with E-state index in [4.69, 9.17) is 52.7 Å². The molecule has 0 heterocycles. The smallest absolute Gasteiger partial charge is 0.303 e. The summed E-state index contributed by atoms with van der Waals surface area (Å²) in [7, 11) is 5.39. The number of primary amides is 1. The molecule has 4 atom stereocenters. The molecule has 26 heteroatoms. The molecule has 450 valence electrons. The van der Waals surface area contributed by atoms with Crippen molar-refractivity contribution in [3.05, 3.63) is 95.1 Å². The molecule has 83 heavy (non-hydrogen) atoms. The van der Waals surface area contributed by atoms with Gasteiger partial charge >= 0.3 is 5.97 Å². The molecule has 0 aliphatic carbocycles. The number of methoxy groups -OCH3 is 4. The molecular formula is C57H78N12O14. The van der Waals surface area contributed by atoms with Gasteiger partial charge in [-0.1, -0.05) is 12.8 Å². The predicted molar refractivity (Wildman–Crippen MR) is 312 cm³/mol. The average Bonchev–Trinajstić information content (AvgIpc) is 3.63. The van der Waals surface area contributed by atoms with Crippen LogP contribution in [0.2, 0.25) is 0 Å². The third kappa shape index (κ3) is 20.9. The monoisotopic (exact) mass is 1150 g/mol. The fraction of sp³-hybridized carbons (Fsp3) is 0.421. The van der Waals surface area contributed by atoms with E-state index in [9.17, 15) is 43.2 Å². The van der Waals surface area contributed by atoms with E-state index >= 15 is 0 Å². The van der Waals surface area contributed by atoms with Crippen molar-refractivity contribution in [2.24, 2.45) is 28.7 Å². The summed E-state index contributed by atoms with van der Waals surface area (Å²) in [6.07, 6.45) is 4.33. The highest BCUT2D eigenvalue weighted by atomic mass is 16.5. The van der Waals surface area contributed by atoms with Crippen LogP contribution in [0.3, 0.4) is 0 Å². The Bertz CT molecular complexity index is 2910. The molecule has 0 bridgehead atoms. The summed E-state index contributed by atoms with van der Waals surface area (Å²) in [5.74, 6) is -6.00. The summed E-state index contributed by atoms with van der Waals surface area (Å²) in [5, 5.41) is 28.1. The minimum absolute atomic E-state index is 0.0223. The molecule has 0 saturated heterocycles. The van der Waals surface area contributed by atoms with E-state index in [1.807, 2.05) is 0 Å². The van der Waals surface area contributed by atoms with Gasteiger partial charge in [-0.15, -0.1) is 0 Å². The average molecular weight is 1160 g/mol. The van der Waals surface area contributed by atoms with Crippen LogP contribution in [0.15, 0.2) is 72.8 Å². The number of benzene rings is 4. The second kappa shape index (κ2) is 34.4. The molecule has 8 amide bonds. The van der Waals surface area contributed by atoms with Crippen LogP contribution in [0.4, 0.5) is 22.7 Å². The SMILES string of the molecule is COc1ccc(NC(=O)[C@H](CCCCN)NC(=O)c2cc(NC(=O)[C@H](CCCCN)NC(=O)c3cc(NC(=O)[C@H](CCCCCN)NC(=O)c4cc(NC(=O)[C@@H](N)CCCC(=O)O)ccc4OC)ccc3OC)ccc2OC)cc1C(N)=O. The molecule has 0 aliphatic rings. The van der Waals surface area contributed by atoms with Crippen molar-refractivity contribution in [2.75, 3.05) is 69.3 Å². The highest BCUT2D eigenvalue weighted by Gasteiger charge is 2.29. The van der Waals surface area contributed by atoms with Gasteiger partial charge in [0.25, 0.3) is 23.6 Å². The number of anilines is 4. The first-order valence-electron chi connectivity index (χ1n) is 27.1. The topological polar surface area (TPSA) is 425 Å². The molecule has 0 aliphatic heterocycles. The standard InChI is InChI=1S/C57H78N12O14/c1-80-45-22-18-33(29-37(45)50(62)72)64-56(78)43(15-7-10-27-59)68-52(74)40-32-36(21-25-48(40)83-4)66-57(79)44(16-8-11-28-60)69-53(75)39-31-35(20-24-47(39)82-3)65-55(77)42(14-6-5-9-26-58)67-51(73)38-30-34(19-23-46(38)81-2)63-54(76)41(61)13-12-17-49(70)71/h18-25,29-32,41-44H,5-17,26-28,58-61H2,1-4H3,(H2,62,72)(H,63,76)(H,64,78)(H,65,77)(H,66,79)(H,67,73)(H,68,74)(H,69,75)(H,70,71)/t41-,42-,43-,44-/m0/s1. The van der Waals surface area contributed by atoms with Crippen molar-refractivity contribution in [1.29, 1.82) is 0 Å². The number of hydrogen-bond donors (Lipinski definition) is 13. The van der Waals surface area contributed by atoms with Crippen molar-refractivity contribution < 1.29 is 67.2 Å². The van der Waals surface area contributed by atoms with E-state index in [-0.39, 0.29) is 107 Å². The lowest BCUT2D eigenvalue weighted by Gasteiger charge is -2.22. The van der Waals surface area contributed by atoms with Gasteiger partial charge in [-0.3, -0.25) is 43.2 Å². The molecule has 4 rings (SSSR count). The zero-order valence-electron chi connectivity index (χ0n) is 47.2. The molecule has 0 unspecified atom stereocenters. The molecule has 0 spiro atoms. The van der Waals surface area contributed by atoms with Crippen molar-refractivity contribution in [2.45, 2.75) is 108 Å². The Hall–Kier alpha value is -8.85. The number of unbranched alkanes of at least 4 members (excludes halogenated alkanes) is 4. The van der Waals surface area contributed by atoms with E-state index in [1.165, 1.54) is 101 Å². The zero-order chi connectivity index (χ0) is 61.0. The second-order valence-electron chi connectivity index (χ2n) is 19.2. The highest BCUT2D eigenvalue weighted by Crippen LogP contribution is 2.28. The molecule has 0 aromatic heterocycles. The number of carboxylic acids is 1. The van der Waals surface area contributed by atoms with E-state index in [1.54, 1.807) is 0 Å². The van der Waals surface area contributed by atoms with Gasteiger partial charge in [0, 0.05) is 29.2 Å². The van der Waals surface area contributed by atoms with Gasteiger partial charge in [-0.2, -0.15) is 0 Å². The Morgan fingerprint density at radius 3 is 1.04 bits per heavy atom. The largest absolute Gasteiger partial charge is 0.496 e. The molecule has 18 N–H and O–H groups in total. The van der Waals surface area contributed by atoms with E-state index in [2.05, 4.69) is 37.2 Å². The van der Waals surface area contributed by atoms with Crippen LogP contribution in [0, 0.1) is 0 Å². The van der Waals surface area contributed by atoms with Gasteiger partial charge in [0.15, 0.2) is 0 Å². The van der Waals surface area contributed by atoms with Gasteiger partial charge in [0.05, 0.1) is 56.7 Å². The van der Waals surface area contributed by atoms with Gasteiger partial charge in [-0.25, -0.2) is 0 Å². The Morgan fingerprint density at radius 1 is 0.422 bits per heavy atom. The maximum Gasteiger partial charge on any atom is 0.303 e. The summed E-state index contributed by atoms with van der Waals surface area (Å²) >= 11 is 0. The number of nitrogens with one attached hydrogen (secondary N) is 7. The summed E-state index contributed by atoms with van der Waals surface area (Å²) < 4.78 is 21.7. The lowest BCUT2D eigenvalue weighted by atomic mass is 10.0. The third-order valence-corrected chi connectivity index (χ3v) is 13.1. The van der Waals surface area contributed by atoms with Crippen LogP contribution in [0.25, 0.3) is 0 Å². The van der Waals surface area contributed by atoms with Crippen LogP contribution in [0.5, 0.6) is 23.0 Å². The number of nitrogens with two attached hydrogens (primary N) is 5. The Kier molecular flexibility index (Phi) is 27.7. The van der Waals surface area contributed by atoms with Gasteiger partial charge in [0.2, 0.25) is 23.6 Å². The van der Waals surface area contributed by atoms with Crippen molar-refractivity contribution >= 4 is 76.0 Å². The second-order valence-corrected chi connectivity index (χ2v) is 19.2. The molecular weight excluding hydrogens is 1080 g/mol. The lowest BCUT2D eigenvalue weighted by molar-refractivity contribution is -0.137. The summed E-state index contributed by atoms with van der Waals surface area (Å²) in [6.45, 7) is 1.05. The van der Waals surface area contributed by atoms with Crippen molar-refractivity contribution in [3.8, 4) is 23.0 Å². The van der Waals surface area contributed by atoms with Crippen molar-refractivity contribution in [1.82, 2.24) is 16.0 Å². The maximum absolute atomic E-state index is 14.3. The highest BCUT2D eigenvalue weighted by molar-refractivity contribution is 6.07. The number of rotatable bonds is 36. The van der Waals surface area contributed by atoms with Crippen LogP contribution < -0.4 is 84.8 Å². The molecule has 0 radical (unpaired) electrons. The van der Waals surface area contributed by atoms with E-state index < -0.39 is 77.4 Å². The Labute approximate surface area is 481 Å². The first-order valence-corrected chi connectivity index (χ1v) is 27.1. The van der Waals surface area contributed by atoms with Gasteiger partial charge < -0.3 is 89.9 Å². The normalized spacial score (nSPS) is 12.2. The predicted octanol–water partition coefficient (Wildman–Crippen LogP) is 3.33. The minimum atomic E-state index is -1.18. The number of carboxylic acid groups (broad SMARTS) is 1.